The zero-order valence-corrected chi connectivity index (χ0v) is 15.6. The largest absolute Gasteiger partial charge is 0.364 e. The van der Waals surface area contributed by atoms with Gasteiger partial charge in [-0.25, -0.2) is 18.2 Å². The van der Waals surface area contributed by atoms with Crippen LogP contribution in [0.4, 0.5) is 13.2 Å². The Bertz CT molecular complexity index is 1230. The van der Waals surface area contributed by atoms with Gasteiger partial charge >= 0.3 is 0 Å². The number of hydrogen-bond acceptors (Lipinski definition) is 3. The minimum Gasteiger partial charge on any atom is -0.364 e. The molecule has 1 aromatic heterocycles. The minimum atomic E-state index is -1.50. The van der Waals surface area contributed by atoms with Gasteiger partial charge in [-0.1, -0.05) is 12.1 Å². The molecule has 1 aliphatic rings. The maximum Gasteiger partial charge on any atom is 0.268 e. The summed E-state index contributed by atoms with van der Waals surface area (Å²) in [5.74, 6) is -5.79. The second kappa shape index (κ2) is 7.22. The molecule has 1 aliphatic heterocycles. The lowest BCUT2D eigenvalue weighted by Gasteiger charge is -2.25. The van der Waals surface area contributed by atoms with Gasteiger partial charge < -0.3 is 5.73 Å². The molecule has 2 N–H and O–H groups in total. The number of carbonyl (C=O) groups excluding carboxylic acids is 2. The third-order valence-electron chi connectivity index (χ3n) is 4.96. The molecule has 3 aromatic rings. The number of carbonyl (C=O) groups is 2. The van der Waals surface area contributed by atoms with Crippen molar-refractivity contribution in [3.63, 3.8) is 0 Å². The van der Waals surface area contributed by atoms with Crippen LogP contribution in [0.5, 0.6) is 0 Å². The Labute approximate surface area is 169 Å². The first-order valence-electron chi connectivity index (χ1n) is 8.91. The molecule has 0 bridgehead atoms. The van der Waals surface area contributed by atoms with E-state index < -0.39 is 40.7 Å². The van der Waals surface area contributed by atoms with Crippen molar-refractivity contribution in [2.24, 2.45) is 10.7 Å². The van der Waals surface area contributed by atoms with E-state index in [0.29, 0.717) is 16.7 Å². The highest BCUT2D eigenvalue weighted by atomic mass is 19.1. The van der Waals surface area contributed by atoms with Crippen molar-refractivity contribution in [1.82, 2.24) is 4.98 Å². The van der Waals surface area contributed by atoms with Crippen molar-refractivity contribution < 1.29 is 22.8 Å². The Morgan fingerprint density at radius 3 is 2.37 bits per heavy atom. The van der Waals surface area contributed by atoms with Gasteiger partial charge in [0, 0.05) is 17.3 Å². The van der Waals surface area contributed by atoms with E-state index in [9.17, 15) is 22.8 Å². The molecule has 30 heavy (non-hydrogen) atoms. The van der Waals surface area contributed by atoms with Crippen LogP contribution < -0.4 is 5.73 Å². The second-order valence-corrected chi connectivity index (χ2v) is 6.81. The first-order chi connectivity index (χ1) is 14.3. The number of hydrogen-bond donors (Lipinski definition) is 1. The molecule has 0 saturated carbocycles. The Hall–Kier alpha value is -3.81. The molecule has 0 spiro atoms. The van der Waals surface area contributed by atoms with Crippen LogP contribution in [0.15, 0.2) is 53.7 Å². The number of aryl methyl sites for hydroxylation is 1. The number of rotatable bonds is 3. The fourth-order valence-corrected chi connectivity index (χ4v) is 3.67. The number of fused-ring (bicyclic) bond motifs is 1. The first kappa shape index (κ1) is 19.5. The van der Waals surface area contributed by atoms with Crippen LogP contribution in [0.1, 0.15) is 28.3 Å². The van der Waals surface area contributed by atoms with E-state index in [1.165, 1.54) is 30.5 Å². The van der Waals surface area contributed by atoms with Gasteiger partial charge in [0.2, 0.25) is 0 Å². The average Bonchev–Trinajstić information content (AvgIpc) is 2.68. The number of aliphatic imine (C=N–C) groups is 1. The highest BCUT2D eigenvalue weighted by molar-refractivity contribution is 6.48. The van der Waals surface area contributed by atoms with Crippen molar-refractivity contribution in [3.8, 4) is 11.1 Å². The predicted molar refractivity (Wildman–Crippen MR) is 103 cm³/mol. The summed E-state index contributed by atoms with van der Waals surface area (Å²) in [5.41, 5.74) is 6.06. The molecule has 8 heteroatoms. The fourth-order valence-electron chi connectivity index (χ4n) is 3.67. The average molecular weight is 409 g/mol. The molecule has 0 aliphatic carbocycles. The van der Waals surface area contributed by atoms with Gasteiger partial charge in [-0.15, -0.1) is 0 Å². The minimum absolute atomic E-state index is 0.0472. The summed E-state index contributed by atoms with van der Waals surface area (Å²) >= 11 is 0. The lowest BCUT2D eigenvalue weighted by Crippen LogP contribution is -2.34. The maximum absolute atomic E-state index is 14.5. The summed E-state index contributed by atoms with van der Waals surface area (Å²) in [4.78, 5) is 32.7. The number of aromatic nitrogens is 1. The highest BCUT2D eigenvalue weighted by Crippen LogP contribution is 2.39. The van der Waals surface area contributed by atoms with Crippen molar-refractivity contribution >= 4 is 17.5 Å². The van der Waals surface area contributed by atoms with E-state index in [-0.39, 0.29) is 17.0 Å². The number of nitrogens with two attached hydrogens (primary N) is 1. The lowest BCUT2D eigenvalue weighted by molar-refractivity contribution is -0.119. The number of halogens is 3. The second-order valence-electron chi connectivity index (χ2n) is 6.81. The third-order valence-corrected chi connectivity index (χ3v) is 4.96. The number of benzene rings is 2. The summed E-state index contributed by atoms with van der Waals surface area (Å²) in [7, 11) is 0. The standard InChI is InChI=1S/C22H14F3N3O2/c1-10-9-11(23)5-6-12(10)13-7-8-27-19-16(13)20(21(26)29)28-22(30)18(19)17-14(24)3-2-4-15(17)25/h2-9,18H,1H3,(H2,26,29). The Morgan fingerprint density at radius 2 is 1.73 bits per heavy atom. The maximum atomic E-state index is 14.5. The summed E-state index contributed by atoms with van der Waals surface area (Å²) < 4.78 is 42.6. The number of primary amides is 1. The summed E-state index contributed by atoms with van der Waals surface area (Å²) in [6.07, 6.45) is 1.35. The molecule has 0 saturated heterocycles. The van der Waals surface area contributed by atoms with Crippen LogP contribution in [-0.4, -0.2) is 22.5 Å². The van der Waals surface area contributed by atoms with Gasteiger partial charge in [-0.05, 0) is 53.9 Å². The first-order valence-corrected chi connectivity index (χ1v) is 8.91. The monoisotopic (exact) mass is 409 g/mol. The SMILES string of the molecule is Cc1cc(F)ccc1-c1ccnc2c1C(C(N)=O)=NC(=O)C2c1c(F)cccc1F. The van der Waals surface area contributed by atoms with Crippen molar-refractivity contribution in [3.05, 3.63) is 88.5 Å². The normalized spacial score (nSPS) is 15.5. The Morgan fingerprint density at radius 1 is 1.03 bits per heavy atom. The summed E-state index contributed by atoms with van der Waals surface area (Å²) in [6.45, 7) is 1.66. The molecule has 0 radical (unpaired) electrons. The highest BCUT2D eigenvalue weighted by Gasteiger charge is 2.39. The Balaban J connectivity index is 2.06. The topological polar surface area (TPSA) is 85.4 Å². The van der Waals surface area contributed by atoms with E-state index in [2.05, 4.69) is 9.98 Å². The molecule has 1 atom stereocenters. The molecule has 2 heterocycles. The van der Waals surface area contributed by atoms with Crippen LogP contribution in [0.2, 0.25) is 0 Å². The molecule has 4 rings (SSSR count). The van der Waals surface area contributed by atoms with E-state index in [0.717, 1.165) is 12.1 Å². The van der Waals surface area contributed by atoms with Crippen LogP contribution in [0.25, 0.3) is 11.1 Å². The fraction of sp³-hybridized carbons (Fsp3) is 0.0909. The number of amides is 2. The van der Waals surface area contributed by atoms with Crippen LogP contribution >= 0.6 is 0 Å². The molecule has 0 fully saturated rings. The van der Waals surface area contributed by atoms with Gasteiger partial charge in [-0.3, -0.25) is 14.6 Å². The van der Waals surface area contributed by atoms with Gasteiger partial charge in [0.05, 0.1) is 5.69 Å². The lowest BCUT2D eigenvalue weighted by atomic mass is 9.83. The van der Waals surface area contributed by atoms with E-state index in [1.54, 1.807) is 13.0 Å². The molecular formula is C22H14F3N3O2. The smallest absolute Gasteiger partial charge is 0.268 e. The van der Waals surface area contributed by atoms with Crippen LogP contribution in [0, 0.1) is 24.4 Å². The van der Waals surface area contributed by atoms with Crippen molar-refractivity contribution in [2.75, 3.05) is 0 Å². The van der Waals surface area contributed by atoms with Crippen molar-refractivity contribution in [1.29, 1.82) is 0 Å². The van der Waals surface area contributed by atoms with E-state index in [4.69, 9.17) is 5.73 Å². The van der Waals surface area contributed by atoms with Crippen LogP contribution in [0.3, 0.4) is 0 Å². The van der Waals surface area contributed by atoms with Crippen molar-refractivity contribution in [2.45, 2.75) is 12.8 Å². The zero-order valence-electron chi connectivity index (χ0n) is 15.6. The summed E-state index contributed by atoms with van der Waals surface area (Å²) in [6, 6.07) is 8.78. The Kier molecular flexibility index (Phi) is 4.69. The van der Waals surface area contributed by atoms with Gasteiger partial charge in [0.25, 0.3) is 11.8 Å². The van der Waals surface area contributed by atoms with Crippen LogP contribution in [-0.2, 0) is 9.59 Å². The third kappa shape index (κ3) is 3.06. The quantitative estimate of drug-likeness (QED) is 0.719. The number of nitrogens with zero attached hydrogens (tertiary/aromatic N) is 2. The number of pyridine rings is 1. The molecule has 1 unspecified atom stereocenters. The zero-order chi connectivity index (χ0) is 21.6. The van der Waals surface area contributed by atoms with E-state index in [1.807, 2.05) is 0 Å². The molecule has 2 amide bonds. The molecule has 5 nitrogen and oxygen atoms in total. The van der Waals surface area contributed by atoms with Gasteiger partial charge in [0.15, 0.2) is 0 Å². The van der Waals surface area contributed by atoms with E-state index >= 15 is 0 Å². The molecule has 150 valence electrons. The predicted octanol–water partition coefficient (Wildman–Crippen LogP) is 3.42. The van der Waals surface area contributed by atoms with Gasteiger partial charge in [-0.2, -0.15) is 0 Å². The molecular weight excluding hydrogens is 395 g/mol. The molecule has 2 aromatic carbocycles. The van der Waals surface area contributed by atoms with Gasteiger partial charge in [0.1, 0.15) is 29.1 Å². The summed E-state index contributed by atoms with van der Waals surface area (Å²) in [5, 5.41) is 0.